The Morgan fingerprint density at radius 1 is 1.16 bits per heavy atom. The summed E-state index contributed by atoms with van der Waals surface area (Å²) in [5.74, 6) is 0.900. The van der Waals surface area contributed by atoms with Gasteiger partial charge in [-0.05, 0) is 32.0 Å². The standard InChI is InChI=1S/C18H20N4O3/c1-11(2)22-17-12(10-20-22)7-13(9-19-17)18(23)21-15-8-14(24-3)5-6-16(15)25-4/h5-11H,1-4H3,(H,21,23). The summed E-state index contributed by atoms with van der Waals surface area (Å²) in [4.78, 5) is 17.0. The average molecular weight is 340 g/mol. The van der Waals surface area contributed by atoms with Crippen molar-refractivity contribution in [2.24, 2.45) is 0 Å². The Labute approximate surface area is 145 Å². The zero-order valence-electron chi connectivity index (χ0n) is 14.6. The summed E-state index contributed by atoms with van der Waals surface area (Å²) in [6.07, 6.45) is 3.26. The number of fused-ring (bicyclic) bond motifs is 1. The van der Waals surface area contributed by atoms with Crippen LogP contribution in [0.25, 0.3) is 11.0 Å². The molecule has 1 amide bonds. The van der Waals surface area contributed by atoms with Crippen LogP contribution >= 0.6 is 0 Å². The number of benzene rings is 1. The van der Waals surface area contributed by atoms with Crippen molar-refractivity contribution in [3.8, 4) is 11.5 Å². The van der Waals surface area contributed by atoms with Gasteiger partial charge in [0.15, 0.2) is 5.65 Å². The maximum Gasteiger partial charge on any atom is 0.257 e. The van der Waals surface area contributed by atoms with Crippen LogP contribution in [0.5, 0.6) is 11.5 Å². The quantitative estimate of drug-likeness (QED) is 0.771. The summed E-state index contributed by atoms with van der Waals surface area (Å²) in [7, 11) is 3.11. The number of carbonyl (C=O) groups excluding carboxylic acids is 1. The highest BCUT2D eigenvalue weighted by atomic mass is 16.5. The minimum Gasteiger partial charge on any atom is -0.497 e. The lowest BCUT2D eigenvalue weighted by molar-refractivity contribution is 0.102. The first-order valence-corrected chi connectivity index (χ1v) is 7.90. The Bertz CT molecular complexity index is 918. The van der Waals surface area contributed by atoms with E-state index in [9.17, 15) is 4.79 Å². The van der Waals surface area contributed by atoms with Gasteiger partial charge in [0.2, 0.25) is 0 Å². The van der Waals surface area contributed by atoms with Crippen molar-refractivity contribution >= 4 is 22.6 Å². The van der Waals surface area contributed by atoms with Gasteiger partial charge in [-0.25, -0.2) is 9.67 Å². The van der Waals surface area contributed by atoms with Crippen LogP contribution in [0.4, 0.5) is 5.69 Å². The highest BCUT2D eigenvalue weighted by Gasteiger charge is 2.14. The number of hydrogen-bond acceptors (Lipinski definition) is 5. The summed E-state index contributed by atoms with van der Waals surface area (Å²) in [5.41, 5.74) is 1.73. The highest BCUT2D eigenvalue weighted by molar-refractivity contribution is 6.06. The number of ether oxygens (including phenoxy) is 2. The first-order chi connectivity index (χ1) is 12.0. The van der Waals surface area contributed by atoms with E-state index in [2.05, 4.69) is 15.4 Å². The fourth-order valence-corrected chi connectivity index (χ4v) is 2.55. The van der Waals surface area contributed by atoms with Gasteiger partial charge >= 0.3 is 0 Å². The zero-order chi connectivity index (χ0) is 18.0. The van der Waals surface area contributed by atoms with Crippen molar-refractivity contribution in [3.05, 3.63) is 42.2 Å². The Hall–Kier alpha value is -3.09. The van der Waals surface area contributed by atoms with E-state index >= 15 is 0 Å². The van der Waals surface area contributed by atoms with E-state index < -0.39 is 0 Å². The van der Waals surface area contributed by atoms with E-state index in [1.165, 1.54) is 0 Å². The lowest BCUT2D eigenvalue weighted by Crippen LogP contribution is -2.13. The molecule has 0 aliphatic rings. The van der Waals surface area contributed by atoms with Crippen LogP contribution in [0.3, 0.4) is 0 Å². The molecule has 7 nitrogen and oxygen atoms in total. The second-order valence-corrected chi connectivity index (χ2v) is 5.84. The van der Waals surface area contributed by atoms with Gasteiger partial charge in [-0.3, -0.25) is 4.79 Å². The fraction of sp³-hybridized carbons (Fsp3) is 0.278. The van der Waals surface area contributed by atoms with Gasteiger partial charge in [0, 0.05) is 23.7 Å². The van der Waals surface area contributed by atoms with E-state index in [1.807, 2.05) is 18.5 Å². The number of pyridine rings is 1. The third kappa shape index (κ3) is 3.26. The Kier molecular flexibility index (Phi) is 4.56. The second-order valence-electron chi connectivity index (χ2n) is 5.84. The molecule has 0 unspecified atom stereocenters. The molecule has 0 radical (unpaired) electrons. The van der Waals surface area contributed by atoms with Crippen LogP contribution in [0.15, 0.2) is 36.7 Å². The van der Waals surface area contributed by atoms with Crippen LogP contribution in [-0.2, 0) is 0 Å². The van der Waals surface area contributed by atoms with Gasteiger partial charge < -0.3 is 14.8 Å². The fourth-order valence-electron chi connectivity index (χ4n) is 2.55. The molecule has 25 heavy (non-hydrogen) atoms. The predicted molar refractivity (Wildman–Crippen MR) is 95.4 cm³/mol. The smallest absolute Gasteiger partial charge is 0.257 e. The van der Waals surface area contributed by atoms with Gasteiger partial charge in [0.05, 0.1) is 31.7 Å². The van der Waals surface area contributed by atoms with E-state index in [0.29, 0.717) is 22.7 Å². The normalized spacial score (nSPS) is 10.9. The molecule has 3 rings (SSSR count). The van der Waals surface area contributed by atoms with Gasteiger partial charge in [-0.1, -0.05) is 0 Å². The number of nitrogens with zero attached hydrogens (tertiary/aromatic N) is 3. The third-order valence-electron chi connectivity index (χ3n) is 3.84. The van der Waals surface area contributed by atoms with Crippen LogP contribution < -0.4 is 14.8 Å². The maximum absolute atomic E-state index is 12.6. The topological polar surface area (TPSA) is 78.3 Å². The molecule has 0 aliphatic carbocycles. The second kappa shape index (κ2) is 6.80. The first kappa shape index (κ1) is 16.8. The molecule has 0 spiro atoms. The molecule has 2 aromatic heterocycles. The largest absolute Gasteiger partial charge is 0.497 e. The first-order valence-electron chi connectivity index (χ1n) is 7.90. The van der Waals surface area contributed by atoms with E-state index in [1.54, 1.807) is 50.9 Å². The summed E-state index contributed by atoms with van der Waals surface area (Å²) < 4.78 is 12.3. The molecule has 130 valence electrons. The summed E-state index contributed by atoms with van der Waals surface area (Å²) in [5, 5.41) is 7.97. The van der Waals surface area contributed by atoms with Crippen molar-refractivity contribution in [1.82, 2.24) is 14.8 Å². The number of amides is 1. The number of nitrogens with one attached hydrogen (secondary N) is 1. The molecule has 0 fully saturated rings. The summed E-state index contributed by atoms with van der Waals surface area (Å²) >= 11 is 0. The summed E-state index contributed by atoms with van der Waals surface area (Å²) in [6, 6.07) is 7.19. The Morgan fingerprint density at radius 2 is 1.96 bits per heavy atom. The lowest BCUT2D eigenvalue weighted by atomic mass is 10.2. The van der Waals surface area contributed by atoms with Crippen molar-refractivity contribution in [2.75, 3.05) is 19.5 Å². The highest BCUT2D eigenvalue weighted by Crippen LogP contribution is 2.29. The van der Waals surface area contributed by atoms with Gasteiger partial charge in [-0.15, -0.1) is 0 Å². The van der Waals surface area contributed by atoms with Crippen molar-refractivity contribution < 1.29 is 14.3 Å². The molecular weight excluding hydrogens is 320 g/mol. The Balaban J connectivity index is 1.90. The number of anilines is 1. The van der Waals surface area contributed by atoms with Crippen LogP contribution in [0.1, 0.15) is 30.2 Å². The molecule has 0 saturated heterocycles. The van der Waals surface area contributed by atoms with Gasteiger partial charge in [0.25, 0.3) is 5.91 Å². The molecular formula is C18H20N4O3. The van der Waals surface area contributed by atoms with Gasteiger partial charge in [0.1, 0.15) is 11.5 Å². The molecule has 0 aliphatic heterocycles. The number of aromatic nitrogens is 3. The van der Waals surface area contributed by atoms with Crippen molar-refractivity contribution in [1.29, 1.82) is 0 Å². The van der Waals surface area contributed by atoms with Crippen molar-refractivity contribution in [2.45, 2.75) is 19.9 Å². The average Bonchev–Trinajstić information content (AvgIpc) is 3.05. The molecule has 1 aromatic carbocycles. The minimum absolute atomic E-state index is 0.200. The van der Waals surface area contributed by atoms with Crippen LogP contribution in [0.2, 0.25) is 0 Å². The van der Waals surface area contributed by atoms with E-state index in [-0.39, 0.29) is 11.9 Å². The summed E-state index contributed by atoms with van der Waals surface area (Å²) in [6.45, 7) is 4.06. The molecule has 0 saturated carbocycles. The minimum atomic E-state index is -0.279. The zero-order valence-corrected chi connectivity index (χ0v) is 14.6. The van der Waals surface area contributed by atoms with Gasteiger partial charge in [-0.2, -0.15) is 5.10 Å². The monoisotopic (exact) mass is 340 g/mol. The number of methoxy groups -OCH3 is 2. The van der Waals surface area contributed by atoms with E-state index in [4.69, 9.17) is 9.47 Å². The van der Waals surface area contributed by atoms with Crippen molar-refractivity contribution in [3.63, 3.8) is 0 Å². The molecule has 3 aromatic rings. The SMILES string of the molecule is COc1ccc(OC)c(NC(=O)c2cnc3c(cnn3C(C)C)c2)c1. The molecule has 2 heterocycles. The molecule has 7 heteroatoms. The maximum atomic E-state index is 12.6. The predicted octanol–water partition coefficient (Wildman–Crippen LogP) is 3.28. The number of hydrogen-bond donors (Lipinski definition) is 1. The van der Waals surface area contributed by atoms with Crippen LogP contribution in [-0.4, -0.2) is 34.9 Å². The number of carbonyl (C=O) groups is 1. The Morgan fingerprint density at radius 3 is 2.64 bits per heavy atom. The molecule has 0 bridgehead atoms. The lowest BCUT2D eigenvalue weighted by Gasteiger charge is -2.12. The third-order valence-corrected chi connectivity index (χ3v) is 3.84. The number of rotatable bonds is 5. The van der Waals surface area contributed by atoms with Crippen LogP contribution in [0, 0.1) is 0 Å². The van der Waals surface area contributed by atoms with E-state index in [0.717, 1.165) is 11.0 Å². The molecule has 1 N–H and O–H groups in total. The molecule has 0 atom stereocenters.